The zero-order valence-electron chi connectivity index (χ0n) is 18.7. The molecule has 2 aromatic rings. The first-order valence-corrected chi connectivity index (χ1v) is 12.0. The van der Waals surface area contributed by atoms with Crippen LogP contribution in [-0.4, -0.2) is 74.4 Å². The Bertz CT molecular complexity index is 927. The van der Waals surface area contributed by atoms with Gasteiger partial charge in [-0.15, -0.1) is 0 Å². The van der Waals surface area contributed by atoms with E-state index < -0.39 is 0 Å². The van der Waals surface area contributed by atoms with E-state index in [0.717, 1.165) is 81.7 Å². The first kappa shape index (κ1) is 21.6. The second kappa shape index (κ2) is 9.73. The third-order valence-electron chi connectivity index (χ3n) is 7.63. The molecule has 2 aliphatic heterocycles. The lowest BCUT2D eigenvalue weighted by molar-refractivity contribution is -0.140. The number of ether oxygens (including phenoxy) is 2. The molecule has 1 aromatic heterocycles. The lowest BCUT2D eigenvalue weighted by Crippen LogP contribution is -2.60. The van der Waals surface area contributed by atoms with Crippen molar-refractivity contribution in [2.24, 2.45) is 11.3 Å². The molecule has 0 bridgehead atoms. The Balaban J connectivity index is 1.17. The summed E-state index contributed by atoms with van der Waals surface area (Å²) in [6, 6.07) is 10.5. The van der Waals surface area contributed by atoms with Gasteiger partial charge in [0.25, 0.3) is 0 Å². The van der Waals surface area contributed by atoms with Crippen LogP contribution < -0.4 is 15.4 Å². The van der Waals surface area contributed by atoms with Gasteiger partial charge in [0.15, 0.2) is 0 Å². The van der Waals surface area contributed by atoms with Gasteiger partial charge in [-0.3, -0.25) is 14.7 Å². The van der Waals surface area contributed by atoms with Crippen molar-refractivity contribution in [3.05, 3.63) is 36.5 Å². The molecule has 172 valence electrons. The molecule has 7 nitrogen and oxygen atoms in total. The Hall–Kier alpha value is -2.22. The summed E-state index contributed by atoms with van der Waals surface area (Å²) in [5.41, 5.74) is 0.570. The van der Waals surface area contributed by atoms with Gasteiger partial charge in [-0.1, -0.05) is 18.2 Å². The molecule has 5 rings (SSSR count). The van der Waals surface area contributed by atoms with Crippen LogP contribution in [0.15, 0.2) is 36.5 Å². The Morgan fingerprint density at radius 2 is 2.12 bits per heavy atom. The molecule has 0 spiro atoms. The highest BCUT2D eigenvalue weighted by Gasteiger charge is 2.50. The van der Waals surface area contributed by atoms with Gasteiger partial charge in [0.1, 0.15) is 17.9 Å². The lowest BCUT2D eigenvalue weighted by Gasteiger charge is -2.50. The third-order valence-corrected chi connectivity index (χ3v) is 7.63. The number of fused-ring (bicyclic) bond motifs is 2. The number of hydrogen-bond donors (Lipinski definition) is 2. The van der Waals surface area contributed by atoms with Gasteiger partial charge in [0.2, 0.25) is 5.91 Å². The van der Waals surface area contributed by atoms with Crippen LogP contribution >= 0.6 is 0 Å². The molecule has 3 atom stereocenters. The third kappa shape index (κ3) is 4.34. The largest absolute Gasteiger partial charge is 0.489 e. The molecule has 0 radical (unpaired) electrons. The summed E-state index contributed by atoms with van der Waals surface area (Å²) in [6.45, 7) is 6.45. The molecule has 3 fully saturated rings. The van der Waals surface area contributed by atoms with Crippen molar-refractivity contribution in [3.8, 4) is 5.75 Å². The summed E-state index contributed by atoms with van der Waals surface area (Å²) in [5, 5.41) is 7.76. The van der Waals surface area contributed by atoms with Crippen molar-refractivity contribution in [1.29, 1.82) is 0 Å². The molecule has 1 aromatic carbocycles. The van der Waals surface area contributed by atoms with Crippen LogP contribution in [0.4, 0.5) is 0 Å². The number of morpholine rings is 1. The number of hydrogen-bond acceptors (Lipinski definition) is 6. The molecule has 1 amide bonds. The number of nitrogens with one attached hydrogen (secondary N) is 2. The van der Waals surface area contributed by atoms with Crippen LogP contribution in [0, 0.1) is 11.3 Å². The van der Waals surface area contributed by atoms with Gasteiger partial charge in [0, 0.05) is 37.3 Å². The first-order valence-electron chi connectivity index (χ1n) is 12.0. The maximum absolute atomic E-state index is 13.4. The minimum absolute atomic E-state index is 0.190. The van der Waals surface area contributed by atoms with Gasteiger partial charge in [0.05, 0.1) is 25.2 Å². The molecule has 1 saturated carbocycles. The van der Waals surface area contributed by atoms with E-state index >= 15 is 0 Å². The Kier molecular flexibility index (Phi) is 6.57. The van der Waals surface area contributed by atoms with Crippen LogP contribution in [0.1, 0.15) is 25.7 Å². The number of para-hydroxylation sites is 1. The maximum atomic E-state index is 13.4. The summed E-state index contributed by atoms with van der Waals surface area (Å²) in [6.07, 6.45) is 6.01. The van der Waals surface area contributed by atoms with Crippen molar-refractivity contribution >= 4 is 16.8 Å². The maximum Gasteiger partial charge on any atom is 0.227 e. The first-order chi connectivity index (χ1) is 15.8. The standard InChI is InChI=1S/C25H34N4O3/c30-24(28-11-14-32-22-5-1-3-19-4-2-9-27-23(19)22)25-8-6-21(29-12-15-31-16-13-29)17-20(25)7-10-26-18-25/h1-5,9,20-21,26H,6-8,10-18H2,(H,28,30)/t20-,21-,25-/m1/s1. The SMILES string of the molecule is O=C(NCCOc1cccc2cccnc12)[C@@]12CC[C@@H](N3CCOCC3)C[C@H]1CCNC2. The molecule has 3 aliphatic rings. The number of rotatable bonds is 6. The van der Waals surface area contributed by atoms with E-state index in [1.165, 1.54) is 0 Å². The smallest absolute Gasteiger partial charge is 0.227 e. The van der Waals surface area contributed by atoms with Crippen LogP contribution in [0.5, 0.6) is 5.75 Å². The van der Waals surface area contributed by atoms with E-state index in [4.69, 9.17) is 9.47 Å². The second-order valence-electron chi connectivity index (χ2n) is 9.33. The average Bonchev–Trinajstić information content (AvgIpc) is 2.86. The highest BCUT2D eigenvalue weighted by atomic mass is 16.5. The van der Waals surface area contributed by atoms with E-state index in [2.05, 4.69) is 20.5 Å². The van der Waals surface area contributed by atoms with E-state index in [1.54, 1.807) is 6.20 Å². The fourth-order valence-electron chi connectivity index (χ4n) is 5.86. The fraction of sp³-hybridized carbons (Fsp3) is 0.600. The average molecular weight is 439 g/mol. The Morgan fingerprint density at radius 1 is 1.25 bits per heavy atom. The summed E-state index contributed by atoms with van der Waals surface area (Å²) in [7, 11) is 0. The molecular formula is C25H34N4O3. The Labute approximate surface area is 189 Å². The highest BCUT2D eigenvalue weighted by molar-refractivity contribution is 5.84. The molecule has 2 N–H and O–H groups in total. The van der Waals surface area contributed by atoms with E-state index in [0.29, 0.717) is 25.1 Å². The summed E-state index contributed by atoms with van der Waals surface area (Å²) in [5.74, 6) is 1.39. The van der Waals surface area contributed by atoms with Gasteiger partial charge >= 0.3 is 0 Å². The minimum Gasteiger partial charge on any atom is -0.489 e. The number of aromatic nitrogens is 1. The van der Waals surface area contributed by atoms with Crippen molar-refractivity contribution in [2.75, 3.05) is 52.5 Å². The number of piperidine rings is 1. The van der Waals surface area contributed by atoms with Crippen LogP contribution in [0.3, 0.4) is 0 Å². The van der Waals surface area contributed by atoms with Gasteiger partial charge in [-0.25, -0.2) is 0 Å². The van der Waals surface area contributed by atoms with E-state index in [9.17, 15) is 4.79 Å². The lowest BCUT2D eigenvalue weighted by atomic mass is 9.61. The number of benzene rings is 1. The van der Waals surface area contributed by atoms with Crippen LogP contribution in [0.2, 0.25) is 0 Å². The predicted octanol–water partition coefficient (Wildman–Crippen LogP) is 2.21. The topological polar surface area (TPSA) is 75.7 Å². The zero-order chi connectivity index (χ0) is 21.8. The normalized spacial score (nSPS) is 28.8. The zero-order valence-corrected chi connectivity index (χ0v) is 18.7. The number of pyridine rings is 1. The monoisotopic (exact) mass is 438 g/mol. The molecule has 3 heterocycles. The van der Waals surface area contributed by atoms with Crippen molar-refractivity contribution in [2.45, 2.75) is 31.7 Å². The molecule has 7 heteroatoms. The summed E-state index contributed by atoms with van der Waals surface area (Å²) >= 11 is 0. The quantitative estimate of drug-likeness (QED) is 0.674. The predicted molar refractivity (Wildman–Crippen MR) is 124 cm³/mol. The molecule has 1 aliphatic carbocycles. The fourth-order valence-corrected chi connectivity index (χ4v) is 5.86. The second-order valence-corrected chi connectivity index (χ2v) is 9.33. The van der Waals surface area contributed by atoms with Gasteiger partial charge in [-0.05, 0) is 50.3 Å². The Morgan fingerprint density at radius 3 is 3.03 bits per heavy atom. The van der Waals surface area contributed by atoms with Gasteiger partial charge in [-0.2, -0.15) is 0 Å². The minimum atomic E-state index is -0.290. The van der Waals surface area contributed by atoms with Crippen LogP contribution in [-0.2, 0) is 9.53 Å². The number of nitrogens with zero attached hydrogens (tertiary/aromatic N) is 2. The van der Waals surface area contributed by atoms with Crippen molar-refractivity contribution in [1.82, 2.24) is 20.5 Å². The number of carbonyl (C=O) groups is 1. The molecule has 2 saturated heterocycles. The summed E-state index contributed by atoms with van der Waals surface area (Å²) < 4.78 is 11.5. The van der Waals surface area contributed by atoms with Crippen molar-refractivity contribution < 1.29 is 14.3 Å². The highest BCUT2D eigenvalue weighted by Crippen LogP contribution is 2.46. The molecule has 32 heavy (non-hydrogen) atoms. The van der Waals surface area contributed by atoms with E-state index in [1.807, 2.05) is 30.3 Å². The van der Waals surface area contributed by atoms with E-state index in [-0.39, 0.29) is 11.3 Å². The van der Waals surface area contributed by atoms with Crippen molar-refractivity contribution in [3.63, 3.8) is 0 Å². The number of carbonyl (C=O) groups excluding carboxylic acids is 1. The van der Waals surface area contributed by atoms with Gasteiger partial charge < -0.3 is 20.1 Å². The summed E-state index contributed by atoms with van der Waals surface area (Å²) in [4.78, 5) is 20.4. The van der Waals surface area contributed by atoms with Crippen LogP contribution in [0.25, 0.3) is 10.9 Å². The molecular weight excluding hydrogens is 404 g/mol. The molecule has 0 unspecified atom stereocenters. The number of amides is 1.